The van der Waals surface area contributed by atoms with Gasteiger partial charge in [-0.05, 0) is 72.6 Å². The summed E-state index contributed by atoms with van der Waals surface area (Å²) in [5, 5.41) is 17.7. The Labute approximate surface area is 201 Å². The molecule has 2 saturated carbocycles. The molecule has 0 spiro atoms. The van der Waals surface area contributed by atoms with Crippen LogP contribution >= 0.6 is 0 Å². The summed E-state index contributed by atoms with van der Waals surface area (Å²) >= 11 is 0. The Bertz CT molecular complexity index is 986. The molecule has 0 aromatic carbocycles. The van der Waals surface area contributed by atoms with E-state index in [1.165, 1.54) is 0 Å². The Morgan fingerprint density at radius 3 is 2.68 bits per heavy atom. The number of fused-ring (bicyclic) bond motifs is 1. The van der Waals surface area contributed by atoms with Crippen molar-refractivity contribution in [1.82, 2.24) is 20.6 Å². The van der Waals surface area contributed by atoms with Gasteiger partial charge in [0, 0.05) is 37.1 Å². The van der Waals surface area contributed by atoms with Crippen LogP contribution in [0.15, 0.2) is 48.9 Å². The second-order valence-corrected chi connectivity index (χ2v) is 10.4. The lowest BCUT2D eigenvalue weighted by molar-refractivity contribution is -0.142. The van der Waals surface area contributed by atoms with Crippen molar-refractivity contribution in [2.75, 3.05) is 0 Å². The quantitative estimate of drug-likeness (QED) is 0.608. The molecule has 0 aliphatic heterocycles. The summed E-state index contributed by atoms with van der Waals surface area (Å²) in [6.45, 7) is 6.74. The molecule has 2 aromatic heterocycles. The molecule has 2 aliphatic rings. The first kappa shape index (κ1) is 24.3. The maximum atomic E-state index is 12.9. The molecule has 0 bridgehead atoms. The van der Waals surface area contributed by atoms with Gasteiger partial charge < -0.3 is 15.7 Å². The highest BCUT2D eigenvalue weighted by Gasteiger charge is 2.53. The van der Waals surface area contributed by atoms with Gasteiger partial charge in [-0.1, -0.05) is 32.9 Å². The Balaban J connectivity index is 1.42. The lowest BCUT2D eigenvalue weighted by atomic mass is 9.51. The van der Waals surface area contributed by atoms with Gasteiger partial charge in [-0.25, -0.2) is 0 Å². The number of carbonyl (C=O) groups excluding carboxylic acids is 2. The predicted octanol–water partition coefficient (Wildman–Crippen LogP) is 3.35. The molecule has 34 heavy (non-hydrogen) atoms. The molecular formula is C27H36N4O3. The number of carbonyl (C=O) groups is 2. The van der Waals surface area contributed by atoms with E-state index in [-0.39, 0.29) is 46.9 Å². The lowest BCUT2D eigenvalue weighted by Gasteiger charge is -2.56. The fourth-order valence-electron chi connectivity index (χ4n) is 6.28. The first-order valence-corrected chi connectivity index (χ1v) is 12.4. The normalized spacial score (nSPS) is 31.7. The van der Waals surface area contributed by atoms with Crippen LogP contribution in [-0.2, 0) is 11.3 Å². The largest absolute Gasteiger partial charge is 0.392 e. The molecule has 2 fully saturated rings. The van der Waals surface area contributed by atoms with Crippen molar-refractivity contribution in [1.29, 1.82) is 0 Å². The number of aromatic nitrogens is 2. The molecule has 7 atom stereocenters. The van der Waals surface area contributed by atoms with Crippen molar-refractivity contribution < 1.29 is 14.7 Å². The minimum Gasteiger partial charge on any atom is -0.392 e. The fraction of sp³-hybridized carbons (Fsp3) is 0.556. The van der Waals surface area contributed by atoms with E-state index >= 15 is 0 Å². The SMILES string of the molecule is C[C@H]1[C@@H]2[C@@H](O)[C@@H]([C@H](C)C(=O)NCc3cccnc3)CC[C@@]2(C)CC[C@@H]1NC(=O)c1ccccn1. The van der Waals surface area contributed by atoms with Crippen LogP contribution in [0.5, 0.6) is 0 Å². The maximum Gasteiger partial charge on any atom is 0.270 e. The summed E-state index contributed by atoms with van der Waals surface area (Å²) in [7, 11) is 0. The van der Waals surface area contributed by atoms with Crippen LogP contribution in [0.1, 0.15) is 62.5 Å². The van der Waals surface area contributed by atoms with Crippen LogP contribution in [-0.4, -0.2) is 39.0 Å². The van der Waals surface area contributed by atoms with Gasteiger partial charge in [0.1, 0.15) is 5.69 Å². The van der Waals surface area contributed by atoms with Crippen molar-refractivity contribution in [3.63, 3.8) is 0 Å². The molecule has 0 radical (unpaired) electrons. The van der Waals surface area contributed by atoms with Gasteiger partial charge in [-0.2, -0.15) is 0 Å². The number of hydrogen-bond acceptors (Lipinski definition) is 5. The van der Waals surface area contributed by atoms with Gasteiger partial charge in [0.15, 0.2) is 0 Å². The zero-order valence-electron chi connectivity index (χ0n) is 20.3. The van der Waals surface area contributed by atoms with Crippen LogP contribution in [0.3, 0.4) is 0 Å². The third-order valence-corrected chi connectivity index (χ3v) is 8.35. The number of nitrogens with zero attached hydrogens (tertiary/aromatic N) is 2. The molecule has 2 aliphatic carbocycles. The highest BCUT2D eigenvalue weighted by atomic mass is 16.3. The highest BCUT2D eigenvalue weighted by Crippen LogP contribution is 2.55. The van der Waals surface area contributed by atoms with Crippen molar-refractivity contribution >= 4 is 11.8 Å². The van der Waals surface area contributed by atoms with Gasteiger partial charge in [-0.15, -0.1) is 0 Å². The van der Waals surface area contributed by atoms with Gasteiger partial charge in [0.2, 0.25) is 5.91 Å². The van der Waals surface area contributed by atoms with E-state index in [9.17, 15) is 14.7 Å². The second-order valence-electron chi connectivity index (χ2n) is 10.4. The Hall–Kier alpha value is -2.80. The van der Waals surface area contributed by atoms with Gasteiger partial charge in [-0.3, -0.25) is 19.6 Å². The molecule has 0 saturated heterocycles. The summed E-state index contributed by atoms with van der Waals surface area (Å²) in [6.07, 6.45) is 8.11. The predicted molar refractivity (Wildman–Crippen MR) is 129 cm³/mol. The molecule has 2 heterocycles. The summed E-state index contributed by atoms with van der Waals surface area (Å²) in [5.74, 6) is -0.518. The van der Waals surface area contributed by atoms with Gasteiger partial charge in [0.25, 0.3) is 5.91 Å². The smallest absolute Gasteiger partial charge is 0.270 e. The summed E-state index contributed by atoms with van der Waals surface area (Å²) < 4.78 is 0. The molecule has 3 N–H and O–H groups in total. The summed E-state index contributed by atoms with van der Waals surface area (Å²) in [4.78, 5) is 33.9. The fourth-order valence-corrected chi connectivity index (χ4v) is 6.28. The number of pyridine rings is 2. The molecule has 4 rings (SSSR count). The molecule has 2 aromatic rings. The molecule has 182 valence electrons. The van der Waals surface area contributed by atoms with Crippen molar-refractivity contribution in [2.45, 2.75) is 65.1 Å². The monoisotopic (exact) mass is 464 g/mol. The van der Waals surface area contributed by atoms with Gasteiger partial charge in [0.05, 0.1) is 6.10 Å². The maximum absolute atomic E-state index is 12.9. The van der Waals surface area contributed by atoms with Crippen LogP contribution in [0.2, 0.25) is 0 Å². The first-order chi connectivity index (χ1) is 16.3. The molecule has 7 heteroatoms. The average molecular weight is 465 g/mol. The highest BCUT2D eigenvalue weighted by molar-refractivity contribution is 5.92. The molecule has 0 unspecified atom stereocenters. The van der Waals surface area contributed by atoms with Crippen molar-refractivity contribution in [3.8, 4) is 0 Å². The molecule has 2 amide bonds. The Kier molecular flexibility index (Phi) is 7.31. The van der Waals surface area contributed by atoms with Crippen LogP contribution in [0.4, 0.5) is 0 Å². The summed E-state index contributed by atoms with van der Waals surface area (Å²) in [6, 6.07) is 9.06. The van der Waals surface area contributed by atoms with E-state index in [0.717, 1.165) is 31.2 Å². The van der Waals surface area contributed by atoms with E-state index in [4.69, 9.17) is 0 Å². The second kappa shape index (κ2) is 10.2. The Morgan fingerprint density at radius 2 is 1.97 bits per heavy atom. The lowest BCUT2D eigenvalue weighted by Crippen LogP contribution is -2.58. The van der Waals surface area contributed by atoms with Crippen LogP contribution < -0.4 is 10.6 Å². The van der Waals surface area contributed by atoms with E-state index in [0.29, 0.717) is 12.2 Å². The zero-order valence-corrected chi connectivity index (χ0v) is 20.3. The third-order valence-electron chi connectivity index (χ3n) is 8.35. The standard InChI is InChI=1S/C27H36N4O3/c1-17(25(33)30-16-19-7-6-13-28-15-19)20-9-11-27(3)12-10-21(18(2)23(27)24(20)32)31-26(34)22-8-4-5-14-29-22/h4-8,13-15,17-18,20-21,23-24,32H,9-12,16H2,1-3H3,(H,30,33)(H,31,34)/t17-,18+,20+,21-,23+,24-,27-/m0/s1. The molecule has 7 nitrogen and oxygen atoms in total. The average Bonchev–Trinajstić information content (AvgIpc) is 2.85. The number of nitrogens with one attached hydrogen (secondary N) is 2. The number of aliphatic hydroxyl groups excluding tert-OH is 1. The number of hydrogen-bond donors (Lipinski definition) is 3. The summed E-state index contributed by atoms with van der Waals surface area (Å²) in [5.41, 5.74) is 1.37. The van der Waals surface area contributed by atoms with Crippen molar-refractivity contribution in [2.24, 2.45) is 29.1 Å². The zero-order chi connectivity index (χ0) is 24.3. The van der Waals surface area contributed by atoms with E-state index in [2.05, 4.69) is 34.4 Å². The number of amides is 2. The minimum atomic E-state index is -0.595. The molecular weight excluding hydrogens is 428 g/mol. The minimum absolute atomic E-state index is 0.00740. The van der Waals surface area contributed by atoms with E-state index < -0.39 is 6.10 Å². The number of rotatable bonds is 6. The first-order valence-electron chi connectivity index (χ1n) is 12.4. The topological polar surface area (TPSA) is 104 Å². The van der Waals surface area contributed by atoms with Crippen LogP contribution in [0, 0.1) is 29.1 Å². The van der Waals surface area contributed by atoms with Crippen LogP contribution in [0.25, 0.3) is 0 Å². The van der Waals surface area contributed by atoms with E-state index in [1.807, 2.05) is 19.1 Å². The van der Waals surface area contributed by atoms with Crippen molar-refractivity contribution in [3.05, 3.63) is 60.2 Å². The van der Waals surface area contributed by atoms with E-state index in [1.54, 1.807) is 36.8 Å². The third kappa shape index (κ3) is 4.99. The van der Waals surface area contributed by atoms with Gasteiger partial charge >= 0.3 is 0 Å². The Morgan fingerprint density at radius 1 is 1.18 bits per heavy atom. The number of aliphatic hydroxyl groups is 1.